The van der Waals surface area contributed by atoms with Gasteiger partial charge in [0.05, 0.1) is 16.7 Å². The normalized spacial score (nSPS) is 10.6. The topological polar surface area (TPSA) is 109 Å². The first-order valence-electron chi connectivity index (χ1n) is 5.89. The monoisotopic (exact) mass is 329 g/mol. The molecule has 2 rings (SSSR count). The van der Waals surface area contributed by atoms with E-state index in [9.17, 15) is 0 Å². The highest BCUT2D eigenvalue weighted by atomic mass is 35.5. The van der Waals surface area contributed by atoms with Crippen molar-refractivity contribution in [3.8, 4) is 17.0 Å². The molecule has 0 amide bonds. The third kappa shape index (κ3) is 3.63. The molecular formula is C12H13Cl2N5O2. The summed E-state index contributed by atoms with van der Waals surface area (Å²) in [5.74, 6) is 0.593. The summed E-state index contributed by atoms with van der Waals surface area (Å²) in [6, 6.07) is 3.25. The van der Waals surface area contributed by atoms with Crippen LogP contribution in [-0.4, -0.2) is 35.5 Å². The minimum absolute atomic E-state index is 0.0223. The van der Waals surface area contributed by atoms with Gasteiger partial charge in [-0.05, 0) is 6.07 Å². The van der Waals surface area contributed by atoms with E-state index in [0.29, 0.717) is 29.5 Å². The van der Waals surface area contributed by atoms with Crippen molar-refractivity contribution in [1.29, 1.82) is 0 Å². The van der Waals surface area contributed by atoms with Gasteiger partial charge in [-0.15, -0.1) is 10.2 Å². The van der Waals surface area contributed by atoms with Crippen molar-refractivity contribution in [3.05, 3.63) is 22.2 Å². The van der Waals surface area contributed by atoms with Crippen molar-refractivity contribution in [1.82, 2.24) is 15.2 Å². The molecule has 4 N–H and O–H groups in total. The third-order valence-corrected chi connectivity index (χ3v) is 3.35. The van der Waals surface area contributed by atoms with E-state index in [1.807, 2.05) is 0 Å². The van der Waals surface area contributed by atoms with Crippen molar-refractivity contribution < 1.29 is 9.47 Å². The standard InChI is InChI=1S/C12H13Cl2N5O2/c1-20-2-3-21-6-4-7(9(14)8(13)5-6)10-11(15)17-12(16)19-18-10/h4-5H,2-3H2,1H3,(H4,15,16,17,19). The van der Waals surface area contributed by atoms with Crippen LogP contribution in [0.15, 0.2) is 12.1 Å². The van der Waals surface area contributed by atoms with Crippen LogP contribution in [0.25, 0.3) is 11.3 Å². The number of halogens is 2. The fourth-order valence-corrected chi connectivity index (χ4v) is 2.01. The van der Waals surface area contributed by atoms with Gasteiger partial charge >= 0.3 is 0 Å². The number of nitrogens with zero attached hydrogens (tertiary/aromatic N) is 3. The molecule has 0 saturated heterocycles. The number of methoxy groups -OCH3 is 1. The molecule has 7 nitrogen and oxygen atoms in total. The van der Waals surface area contributed by atoms with Crippen molar-refractivity contribution >= 4 is 35.0 Å². The Balaban J connectivity index is 2.42. The SMILES string of the molecule is COCCOc1cc(Cl)c(Cl)c(-c2nnc(N)nc2N)c1. The maximum atomic E-state index is 6.18. The highest BCUT2D eigenvalue weighted by Crippen LogP contribution is 2.38. The Kier molecular flexibility index (Phi) is 5.00. The quantitative estimate of drug-likeness (QED) is 0.807. The summed E-state index contributed by atoms with van der Waals surface area (Å²) in [7, 11) is 1.58. The fraction of sp³-hybridized carbons (Fsp3) is 0.250. The largest absolute Gasteiger partial charge is 0.491 e. The minimum atomic E-state index is -0.0223. The number of ether oxygens (including phenoxy) is 2. The molecular weight excluding hydrogens is 317 g/mol. The van der Waals surface area contributed by atoms with Gasteiger partial charge in [-0.3, -0.25) is 0 Å². The van der Waals surface area contributed by atoms with Gasteiger partial charge in [-0.25, -0.2) is 0 Å². The molecule has 0 fully saturated rings. The summed E-state index contributed by atoms with van der Waals surface area (Å²) in [5, 5.41) is 8.15. The third-order valence-electron chi connectivity index (χ3n) is 2.54. The lowest BCUT2D eigenvalue weighted by atomic mass is 10.1. The lowest BCUT2D eigenvalue weighted by molar-refractivity contribution is 0.146. The lowest BCUT2D eigenvalue weighted by Crippen LogP contribution is -2.06. The van der Waals surface area contributed by atoms with Crippen molar-refractivity contribution in [2.24, 2.45) is 0 Å². The Hall–Kier alpha value is -1.83. The molecule has 0 saturated carbocycles. The zero-order valence-corrected chi connectivity index (χ0v) is 12.6. The van der Waals surface area contributed by atoms with E-state index in [1.54, 1.807) is 19.2 Å². The van der Waals surface area contributed by atoms with Gasteiger partial charge < -0.3 is 20.9 Å². The second-order valence-electron chi connectivity index (χ2n) is 4.01. The number of aromatic nitrogens is 3. The van der Waals surface area contributed by atoms with Crippen LogP contribution in [-0.2, 0) is 4.74 Å². The van der Waals surface area contributed by atoms with Crippen LogP contribution in [0.1, 0.15) is 0 Å². The number of rotatable bonds is 5. The van der Waals surface area contributed by atoms with Gasteiger partial charge in [0.25, 0.3) is 0 Å². The van der Waals surface area contributed by atoms with Crippen molar-refractivity contribution in [3.63, 3.8) is 0 Å². The number of nitrogens with two attached hydrogens (primary N) is 2. The van der Waals surface area contributed by atoms with E-state index >= 15 is 0 Å². The Bertz CT molecular complexity index is 654. The molecule has 0 spiro atoms. The predicted octanol–water partition coefficient (Wildman–Crippen LogP) is 2.04. The van der Waals surface area contributed by atoms with E-state index in [2.05, 4.69) is 15.2 Å². The summed E-state index contributed by atoms with van der Waals surface area (Å²) in [4.78, 5) is 3.85. The highest BCUT2D eigenvalue weighted by molar-refractivity contribution is 6.43. The molecule has 21 heavy (non-hydrogen) atoms. The zero-order chi connectivity index (χ0) is 15.4. The summed E-state index contributed by atoms with van der Waals surface area (Å²) in [6.45, 7) is 0.815. The number of benzene rings is 1. The first-order chi connectivity index (χ1) is 10.0. The van der Waals surface area contributed by atoms with Crippen LogP contribution in [0.3, 0.4) is 0 Å². The Labute approximate surface area is 131 Å². The zero-order valence-electron chi connectivity index (χ0n) is 11.1. The fourth-order valence-electron chi connectivity index (χ4n) is 1.61. The van der Waals surface area contributed by atoms with E-state index in [-0.39, 0.29) is 22.5 Å². The van der Waals surface area contributed by atoms with E-state index in [0.717, 1.165) is 0 Å². The molecule has 1 aromatic heterocycles. The maximum Gasteiger partial charge on any atom is 0.242 e. The van der Waals surface area contributed by atoms with Gasteiger partial charge in [0.2, 0.25) is 5.95 Å². The molecule has 0 bridgehead atoms. The second-order valence-corrected chi connectivity index (χ2v) is 4.80. The van der Waals surface area contributed by atoms with E-state index in [1.165, 1.54) is 0 Å². The average molecular weight is 330 g/mol. The molecule has 9 heteroatoms. The van der Waals surface area contributed by atoms with Gasteiger partial charge in [-0.1, -0.05) is 23.2 Å². The van der Waals surface area contributed by atoms with Crippen LogP contribution in [0.5, 0.6) is 5.75 Å². The molecule has 112 valence electrons. The van der Waals surface area contributed by atoms with Crippen LogP contribution < -0.4 is 16.2 Å². The van der Waals surface area contributed by atoms with Crippen LogP contribution in [0.4, 0.5) is 11.8 Å². The summed E-state index contributed by atoms with van der Waals surface area (Å²) in [6.07, 6.45) is 0. The van der Waals surface area contributed by atoms with Gasteiger partial charge in [0.1, 0.15) is 18.1 Å². The van der Waals surface area contributed by atoms with Gasteiger partial charge in [0, 0.05) is 18.7 Å². The Morgan fingerprint density at radius 1 is 1.14 bits per heavy atom. The van der Waals surface area contributed by atoms with Crippen molar-refractivity contribution in [2.45, 2.75) is 0 Å². The smallest absolute Gasteiger partial charge is 0.242 e. The summed E-state index contributed by atoms with van der Waals surface area (Å²) >= 11 is 12.3. The molecule has 1 aromatic carbocycles. The average Bonchev–Trinajstić information content (AvgIpc) is 2.43. The molecule has 1 heterocycles. The first-order valence-corrected chi connectivity index (χ1v) is 6.65. The Morgan fingerprint density at radius 3 is 2.57 bits per heavy atom. The predicted molar refractivity (Wildman–Crippen MR) is 81.5 cm³/mol. The summed E-state index contributed by atoms with van der Waals surface area (Å²) in [5.41, 5.74) is 12.0. The molecule has 0 aliphatic carbocycles. The maximum absolute atomic E-state index is 6.18. The molecule has 2 aromatic rings. The molecule has 0 unspecified atom stereocenters. The molecule has 0 atom stereocenters. The molecule has 0 aliphatic heterocycles. The number of nitrogen functional groups attached to an aromatic ring is 2. The Morgan fingerprint density at radius 2 is 1.90 bits per heavy atom. The number of hydrogen-bond acceptors (Lipinski definition) is 7. The number of anilines is 2. The van der Waals surface area contributed by atoms with E-state index < -0.39 is 0 Å². The van der Waals surface area contributed by atoms with Crippen molar-refractivity contribution in [2.75, 3.05) is 31.8 Å². The summed E-state index contributed by atoms with van der Waals surface area (Å²) < 4.78 is 10.4. The number of hydrogen-bond donors (Lipinski definition) is 2. The highest BCUT2D eigenvalue weighted by Gasteiger charge is 2.16. The van der Waals surface area contributed by atoms with E-state index in [4.69, 9.17) is 44.1 Å². The molecule has 0 radical (unpaired) electrons. The van der Waals surface area contributed by atoms with Crippen LogP contribution in [0, 0.1) is 0 Å². The molecule has 0 aliphatic rings. The van der Waals surface area contributed by atoms with Gasteiger partial charge in [-0.2, -0.15) is 4.98 Å². The lowest BCUT2D eigenvalue weighted by Gasteiger charge is -2.11. The first kappa shape index (κ1) is 15.6. The van der Waals surface area contributed by atoms with Crippen LogP contribution in [0.2, 0.25) is 10.0 Å². The minimum Gasteiger partial charge on any atom is -0.491 e. The van der Waals surface area contributed by atoms with Crippen LogP contribution >= 0.6 is 23.2 Å². The van der Waals surface area contributed by atoms with Gasteiger partial charge in [0.15, 0.2) is 5.82 Å². The second kappa shape index (κ2) is 6.75.